The monoisotopic (exact) mass is 218 g/mol. The second-order valence-corrected chi connectivity index (χ2v) is 4.88. The quantitative estimate of drug-likeness (QED) is 0.772. The molecule has 1 unspecified atom stereocenters. The summed E-state index contributed by atoms with van der Waals surface area (Å²) >= 11 is 0. The van der Waals surface area contributed by atoms with E-state index in [1.54, 1.807) is 0 Å². The largest absolute Gasteiger partial charge is 0.397 e. The van der Waals surface area contributed by atoms with Crippen LogP contribution in [0, 0.1) is 12.8 Å². The Kier molecular flexibility index (Phi) is 3.37. The number of para-hydroxylation sites is 1. The topological polar surface area (TPSA) is 29.3 Å². The van der Waals surface area contributed by atoms with Crippen molar-refractivity contribution in [3.63, 3.8) is 0 Å². The van der Waals surface area contributed by atoms with Crippen LogP contribution in [-0.2, 0) is 0 Å². The van der Waals surface area contributed by atoms with Gasteiger partial charge in [-0.1, -0.05) is 25.5 Å². The van der Waals surface area contributed by atoms with Crippen LogP contribution in [0.3, 0.4) is 0 Å². The molecule has 1 aliphatic heterocycles. The molecule has 88 valence electrons. The summed E-state index contributed by atoms with van der Waals surface area (Å²) in [5, 5.41) is 0. The number of nitrogen functional groups attached to an aromatic ring is 1. The molecule has 2 rings (SSSR count). The Morgan fingerprint density at radius 2 is 2.25 bits per heavy atom. The SMILES string of the molecule is CCC1CCCN(c2c(C)cccc2N)C1. The third-order valence-electron chi connectivity index (χ3n) is 3.68. The van der Waals surface area contributed by atoms with Crippen molar-refractivity contribution in [2.24, 2.45) is 5.92 Å². The maximum absolute atomic E-state index is 6.10. The van der Waals surface area contributed by atoms with Gasteiger partial charge in [-0.25, -0.2) is 0 Å². The molecule has 16 heavy (non-hydrogen) atoms. The van der Waals surface area contributed by atoms with Crippen LogP contribution >= 0.6 is 0 Å². The van der Waals surface area contributed by atoms with Crippen LogP contribution in [0.1, 0.15) is 31.7 Å². The molecule has 2 nitrogen and oxygen atoms in total. The molecule has 2 heteroatoms. The van der Waals surface area contributed by atoms with Gasteiger partial charge < -0.3 is 10.6 Å². The van der Waals surface area contributed by atoms with E-state index in [1.165, 1.54) is 37.1 Å². The highest BCUT2D eigenvalue weighted by molar-refractivity contribution is 5.71. The molecule has 0 amide bonds. The second kappa shape index (κ2) is 4.77. The van der Waals surface area contributed by atoms with Crippen molar-refractivity contribution in [2.75, 3.05) is 23.7 Å². The Balaban J connectivity index is 2.23. The minimum Gasteiger partial charge on any atom is -0.397 e. The van der Waals surface area contributed by atoms with E-state index >= 15 is 0 Å². The third-order valence-corrected chi connectivity index (χ3v) is 3.68. The van der Waals surface area contributed by atoms with E-state index in [0.29, 0.717) is 0 Å². The molecule has 0 saturated carbocycles. The van der Waals surface area contributed by atoms with Crippen LogP contribution in [0.4, 0.5) is 11.4 Å². The number of nitrogens with two attached hydrogens (primary N) is 1. The molecule has 2 N–H and O–H groups in total. The third kappa shape index (κ3) is 2.16. The molecule has 1 fully saturated rings. The molecule has 1 heterocycles. The Bertz CT molecular complexity index is 340. The van der Waals surface area contributed by atoms with Gasteiger partial charge in [0.25, 0.3) is 0 Å². The van der Waals surface area contributed by atoms with Crippen molar-refractivity contribution in [1.82, 2.24) is 0 Å². The fraction of sp³-hybridized carbons (Fsp3) is 0.571. The molecule has 0 radical (unpaired) electrons. The van der Waals surface area contributed by atoms with Crippen LogP contribution in [0.5, 0.6) is 0 Å². The molecular weight excluding hydrogens is 196 g/mol. The lowest BCUT2D eigenvalue weighted by Gasteiger charge is -2.35. The first kappa shape index (κ1) is 11.3. The predicted molar refractivity (Wildman–Crippen MR) is 70.8 cm³/mol. The average molecular weight is 218 g/mol. The number of piperidine rings is 1. The van der Waals surface area contributed by atoms with Gasteiger partial charge in [-0.05, 0) is 37.3 Å². The van der Waals surface area contributed by atoms with Gasteiger partial charge >= 0.3 is 0 Å². The highest BCUT2D eigenvalue weighted by Gasteiger charge is 2.20. The minimum absolute atomic E-state index is 0.841. The van der Waals surface area contributed by atoms with Gasteiger partial charge in [-0.2, -0.15) is 0 Å². The van der Waals surface area contributed by atoms with E-state index in [4.69, 9.17) is 5.73 Å². The van der Waals surface area contributed by atoms with Gasteiger partial charge in [0.1, 0.15) is 0 Å². The van der Waals surface area contributed by atoms with Gasteiger partial charge in [-0.3, -0.25) is 0 Å². The Morgan fingerprint density at radius 1 is 1.44 bits per heavy atom. The molecule has 0 aliphatic carbocycles. The van der Waals surface area contributed by atoms with Crippen molar-refractivity contribution >= 4 is 11.4 Å². The fourth-order valence-corrected chi connectivity index (χ4v) is 2.72. The van der Waals surface area contributed by atoms with E-state index in [9.17, 15) is 0 Å². The summed E-state index contributed by atoms with van der Waals surface area (Å²) in [6, 6.07) is 6.20. The molecule has 1 saturated heterocycles. The number of rotatable bonds is 2. The standard InChI is InChI=1S/C14H22N2/c1-3-12-7-5-9-16(10-12)14-11(2)6-4-8-13(14)15/h4,6,8,12H,3,5,7,9-10,15H2,1-2H3. The Labute approximate surface area is 98.4 Å². The van der Waals surface area contributed by atoms with Crippen LogP contribution in [0.25, 0.3) is 0 Å². The van der Waals surface area contributed by atoms with Crippen molar-refractivity contribution in [1.29, 1.82) is 0 Å². The van der Waals surface area contributed by atoms with Crippen molar-refractivity contribution in [3.05, 3.63) is 23.8 Å². The zero-order valence-corrected chi connectivity index (χ0v) is 10.4. The van der Waals surface area contributed by atoms with Crippen LogP contribution in [-0.4, -0.2) is 13.1 Å². The number of benzene rings is 1. The van der Waals surface area contributed by atoms with Crippen LogP contribution < -0.4 is 10.6 Å². The number of hydrogen-bond acceptors (Lipinski definition) is 2. The fourth-order valence-electron chi connectivity index (χ4n) is 2.72. The summed E-state index contributed by atoms with van der Waals surface area (Å²) in [5.74, 6) is 0.841. The van der Waals surface area contributed by atoms with Crippen LogP contribution in [0.15, 0.2) is 18.2 Å². The summed E-state index contributed by atoms with van der Waals surface area (Å²) < 4.78 is 0. The van der Waals surface area contributed by atoms with Crippen molar-refractivity contribution in [2.45, 2.75) is 33.1 Å². The summed E-state index contributed by atoms with van der Waals surface area (Å²) in [7, 11) is 0. The molecular formula is C14H22N2. The van der Waals surface area contributed by atoms with E-state index in [2.05, 4.69) is 24.8 Å². The maximum atomic E-state index is 6.10. The molecule has 0 bridgehead atoms. The van der Waals surface area contributed by atoms with E-state index < -0.39 is 0 Å². The number of anilines is 2. The molecule has 0 aromatic heterocycles. The number of nitrogens with zero attached hydrogens (tertiary/aromatic N) is 1. The highest BCUT2D eigenvalue weighted by Crippen LogP contribution is 2.31. The number of aryl methyl sites for hydroxylation is 1. The molecule has 1 aromatic carbocycles. The van der Waals surface area contributed by atoms with Gasteiger partial charge in [0.05, 0.1) is 11.4 Å². The lowest BCUT2D eigenvalue weighted by Crippen LogP contribution is -2.36. The zero-order valence-electron chi connectivity index (χ0n) is 10.4. The van der Waals surface area contributed by atoms with Crippen molar-refractivity contribution in [3.8, 4) is 0 Å². The molecule has 1 aliphatic rings. The molecule has 1 atom stereocenters. The first-order valence-electron chi connectivity index (χ1n) is 6.32. The summed E-state index contributed by atoms with van der Waals surface area (Å²) in [5.41, 5.74) is 9.59. The smallest absolute Gasteiger partial charge is 0.0629 e. The highest BCUT2D eigenvalue weighted by atomic mass is 15.1. The van der Waals surface area contributed by atoms with Crippen molar-refractivity contribution < 1.29 is 0 Å². The van der Waals surface area contributed by atoms with Gasteiger partial charge in [0.15, 0.2) is 0 Å². The first-order valence-corrected chi connectivity index (χ1v) is 6.32. The lowest BCUT2D eigenvalue weighted by atomic mass is 9.94. The Morgan fingerprint density at radius 3 is 2.94 bits per heavy atom. The second-order valence-electron chi connectivity index (χ2n) is 4.88. The van der Waals surface area contributed by atoms with E-state index in [0.717, 1.165) is 18.2 Å². The summed E-state index contributed by atoms with van der Waals surface area (Å²) in [6.45, 7) is 6.77. The van der Waals surface area contributed by atoms with E-state index in [-0.39, 0.29) is 0 Å². The van der Waals surface area contributed by atoms with Gasteiger partial charge in [0.2, 0.25) is 0 Å². The van der Waals surface area contributed by atoms with Gasteiger partial charge in [-0.15, -0.1) is 0 Å². The number of hydrogen-bond donors (Lipinski definition) is 1. The minimum atomic E-state index is 0.841. The van der Waals surface area contributed by atoms with E-state index in [1.807, 2.05) is 12.1 Å². The average Bonchev–Trinajstić information content (AvgIpc) is 2.29. The Hall–Kier alpha value is -1.18. The maximum Gasteiger partial charge on any atom is 0.0629 e. The van der Waals surface area contributed by atoms with Crippen LogP contribution in [0.2, 0.25) is 0 Å². The predicted octanol–water partition coefficient (Wildman–Crippen LogP) is 3.20. The molecule has 0 spiro atoms. The summed E-state index contributed by atoms with van der Waals surface area (Å²) in [4.78, 5) is 2.47. The first-order chi connectivity index (χ1) is 7.72. The molecule has 1 aromatic rings. The summed E-state index contributed by atoms with van der Waals surface area (Å²) in [6.07, 6.45) is 3.95. The lowest BCUT2D eigenvalue weighted by molar-refractivity contribution is 0.404. The zero-order chi connectivity index (χ0) is 11.5. The normalized spacial score (nSPS) is 21.1. The van der Waals surface area contributed by atoms with Gasteiger partial charge in [0, 0.05) is 13.1 Å².